The second-order valence-corrected chi connectivity index (χ2v) is 5.32. The lowest BCUT2D eigenvalue weighted by Gasteiger charge is -2.08. The first-order chi connectivity index (χ1) is 10.6. The van der Waals surface area contributed by atoms with Gasteiger partial charge in [0.25, 0.3) is 0 Å². The number of carbonyl (C=O) groups excluding carboxylic acids is 1. The average Bonchev–Trinajstić information content (AvgIpc) is 2.96. The molecule has 0 saturated carbocycles. The summed E-state index contributed by atoms with van der Waals surface area (Å²) in [4.78, 5) is 12.0. The summed E-state index contributed by atoms with van der Waals surface area (Å²) in [7, 11) is 0. The standard InChI is InChI=1S/C17H21N3O2/c1-4-22-17(21)15(10-13(2)3)11-20-12-16(18-19-20)14-8-6-5-7-9-14/h5-10,12-13H,4,11H2,1-3H3/b15-10+. The van der Waals surface area contributed by atoms with Gasteiger partial charge in [0.2, 0.25) is 0 Å². The fourth-order valence-electron chi connectivity index (χ4n) is 2.10. The quantitative estimate of drug-likeness (QED) is 0.607. The average molecular weight is 299 g/mol. The van der Waals surface area contributed by atoms with Gasteiger partial charge in [0.05, 0.1) is 24.9 Å². The number of benzene rings is 1. The summed E-state index contributed by atoms with van der Waals surface area (Å²) < 4.78 is 6.76. The Balaban J connectivity index is 2.17. The van der Waals surface area contributed by atoms with Gasteiger partial charge in [-0.3, -0.25) is 0 Å². The predicted octanol–water partition coefficient (Wildman–Crippen LogP) is 3.09. The summed E-state index contributed by atoms with van der Waals surface area (Å²) in [5.41, 5.74) is 2.38. The third-order valence-corrected chi connectivity index (χ3v) is 3.01. The molecule has 0 aliphatic carbocycles. The van der Waals surface area contributed by atoms with E-state index in [1.807, 2.05) is 56.5 Å². The Bertz CT molecular complexity index is 645. The van der Waals surface area contributed by atoms with Crippen LogP contribution in [0.5, 0.6) is 0 Å². The van der Waals surface area contributed by atoms with E-state index in [1.54, 1.807) is 11.6 Å². The first-order valence-corrected chi connectivity index (χ1v) is 7.43. The molecule has 2 aromatic rings. The van der Waals surface area contributed by atoms with Crippen molar-refractivity contribution in [1.29, 1.82) is 0 Å². The zero-order valence-electron chi connectivity index (χ0n) is 13.2. The number of aromatic nitrogens is 3. The Hall–Kier alpha value is -2.43. The van der Waals surface area contributed by atoms with Crippen molar-refractivity contribution in [3.8, 4) is 11.3 Å². The lowest BCUT2D eigenvalue weighted by Crippen LogP contribution is -2.14. The Morgan fingerprint density at radius 3 is 2.68 bits per heavy atom. The number of allylic oxidation sites excluding steroid dienone is 1. The first-order valence-electron chi connectivity index (χ1n) is 7.43. The summed E-state index contributed by atoms with van der Waals surface area (Å²) in [5.74, 6) is -0.0375. The van der Waals surface area contributed by atoms with E-state index < -0.39 is 0 Å². The highest BCUT2D eigenvalue weighted by atomic mass is 16.5. The van der Waals surface area contributed by atoms with Crippen molar-refractivity contribution in [2.45, 2.75) is 27.3 Å². The van der Waals surface area contributed by atoms with Gasteiger partial charge in [-0.1, -0.05) is 55.5 Å². The molecule has 0 fully saturated rings. The van der Waals surface area contributed by atoms with E-state index in [4.69, 9.17) is 4.74 Å². The van der Waals surface area contributed by atoms with Crippen LogP contribution in [0.4, 0.5) is 0 Å². The topological polar surface area (TPSA) is 57.0 Å². The largest absolute Gasteiger partial charge is 0.463 e. The number of ether oxygens (including phenoxy) is 1. The monoisotopic (exact) mass is 299 g/mol. The molecular formula is C17H21N3O2. The smallest absolute Gasteiger partial charge is 0.335 e. The van der Waals surface area contributed by atoms with Crippen LogP contribution in [-0.4, -0.2) is 27.6 Å². The predicted molar refractivity (Wildman–Crippen MR) is 85.0 cm³/mol. The molecule has 116 valence electrons. The molecule has 0 amide bonds. The molecule has 1 heterocycles. The Morgan fingerprint density at radius 2 is 2.05 bits per heavy atom. The Morgan fingerprint density at radius 1 is 1.32 bits per heavy atom. The molecule has 0 aliphatic heterocycles. The van der Waals surface area contributed by atoms with Gasteiger partial charge in [-0.2, -0.15) is 0 Å². The van der Waals surface area contributed by atoms with Crippen molar-refractivity contribution in [1.82, 2.24) is 15.0 Å². The molecule has 22 heavy (non-hydrogen) atoms. The summed E-state index contributed by atoms with van der Waals surface area (Å²) >= 11 is 0. The van der Waals surface area contributed by atoms with Gasteiger partial charge in [-0.05, 0) is 12.8 Å². The van der Waals surface area contributed by atoms with Gasteiger partial charge in [-0.15, -0.1) is 5.10 Å². The van der Waals surface area contributed by atoms with Gasteiger partial charge in [0, 0.05) is 5.56 Å². The molecule has 0 bridgehead atoms. The number of carbonyl (C=O) groups is 1. The molecule has 0 aliphatic rings. The van der Waals surface area contributed by atoms with Crippen LogP contribution in [0.25, 0.3) is 11.3 Å². The fraction of sp³-hybridized carbons (Fsp3) is 0.353. The zero-order chi connectivity index (χ0) is 15.9. The van der Waals surface area contributed by atoms with Crippen LogP contribution in [0.3, 0.4) is 0 Å². The van der Waals surface area contributed by atoms with E-state index in [-0.39, 0.29) is 11.9 Å². The third kappa shape index (κ3) is 4.28. The maximum Gasteiger partial charge on any atom is 0.335 e. The fourth-order valence-corrected chi connectivity index (χ4v) is 2.10. The molecule has 1 aromatic heterocycles. The molecule has 0 radical (unpaired) electrons. The van der Waals surface area contributed by atoms with Crippen LogP contribution in [0.2, 0.25) is 0 Å². The van der Waals surface area contributed by atoms with Crippen LogP contribution in [0.1, 0.15) is 20.8 Å². The highest BCUT2D eigenvalue weighted by Gasteiger charge is 2.13. The highest BCUT2D eigenvalue weighted by molar-refractivity contribution is 5.88. The molecule has 5 heteroatoms. The normalized spacial score (nSPS) is 11.7. The molecule has 0 spiro atoms. The number of hydrogen-bond acceptors (Lipinski definition) is 4. The number of hydrogen-bond donors (Lipinski definition) is 0. The van der Waals surface area contributed by atoms with Gasteiger partial charge >= 0.3 is 5.97 Å². The summed E-state index contributed by atoms with van der Waals surface area (Å²) in [6.07, 6.45) is 3.74. The minimum atomic E-state index is -0.298. The number of rotatable bonds is 6. The van der Waals surface area contributed by atoms with Gasteiger partial charge in [0.15, 0.2) is 0 Å². The van der Waals surface area contributed by atoms with E-state index in [9.17, 15) is 4.79 Å². The van der Waals surface area contributed by atoms with Crippen molar-refractivity contribution in [3.05, 3.63) is 48.2 Å². The van der Waals surface area contributed by atoms with E-state index >= 15 is 0 Å². The SMILES string of the molecule is CCOC(=O)/C(=C/C(C)C)Cn1cc(-c2ccccc2)nn1. The summed E-state index contributed by atoms with van der Waals surface area (Å²) in [6.45, 7) is 6.57. The van der Waals surface area contributed by atoms with Crippen molar-refractivity contribution >= 4 is 5.97 Å². The molecule has 0 saturated heterocycles. The second-order valence-electron chi connectivity index (χ2n) is 5.32. The molecule has 2 rings (SSSR count). The Kier molecular flexibility index (Phi) is 5.47. The Labute approximate surface area is 130 Å². The van der Waals surface area contributed by atoms with Gasteiger partial charge in [0.1, 0.15) is 5.69 Å². The molecule has 0 atom stereocenters. The maximum atomic E-state index is 12.0. The molecule has 1 aromatic carbocycles. The van der Waals surface area contributed by atoms with Crippen molar-refractivity contribution < 1.29 is 9.53 Å². The van der Waals surface area contributed by atoms with Crippen molar-refractivity contribution in [3.63, 3.8) is 0 Å². The van der Waals surface area contributed by atoms with Crippen LogP contribution >= 0.6 is 0 Å². The number of nitrogens with zero attached hydrogens (tertiary/aromatic N) is 3. The van der Waals surface area contributed by atoms with E-state index in [1.165, 1.54) is 0 Å². The van der Waals surface area contributed by atoms with Crippen LogP contribution in [-0.2, 0) is 16.1 Å². The zero-order valence-corrected chi connectivity index (χ0v) is 13.2. The minimum Gasteiger partial charge on any atom is -0.463 e. The lowest BCUT2D eigenvalue weighted by molar-refractivity contribution is -0.138. The summed E-state index contributed by atoms with van der Waals surface area (Å²) in [6, 6.07) is 9.82. The van der Waals surface area contributed by atoms with Gasteiger partial charge < -0.3 is 4.74 Å². The molecule has 5 nitrogen and oxygen atoms in total. The van der Waals surface area contributed by atoms with Gasteiger partial charge in [-0.25, -0.2) is 9.48 Å². The minimum absolute atomic E-state index is 0.261. The second kappa shape index (κ2) is 7.54. The number of esters is 1. The van der Waals surface area contributed by atoms with E-state index in [0.29, 0.717) is 18.7 Å². The summed E-state index contributed by atoms with van der Waals surface area (Å²) in [5, 5.41) is 8.26. The highest BCUT2D eigenvalue weighted by Crippen LogP contribution is 2.16. The lowest BCUT2D eigenvalue weighted by atomic mass is 10.1. The van der Waals surface area contributed by atoms with Crippen LogP contribution < -0.4 is 0 Å². The molecule has 0 N–H and O–H groups in total. The third-order valence-electron chi connectivity index (χ3n) is 3.01. The van der Waals surface area contributed by atoms with Crippen LogP contribution in [0, 0.1) is 5.92 Å². The maximum absolute atomic E-state index is 12.0. The van der Waals surface area contributed by atoms with E-state index in [0.717, 1.165) is 11.3 Å². The van der Waals surface area contributed by atoms with E-state index in [2.05, 4.69) is 10.3 Å². The first kappa shape index (κ1) is 15.9. The van der Waals surface area contributed by atoms with Crippen molar-refractivity contribution in [2.75, 3.05) is 6.61 Å². The molecule has 0 unspecified atom stereocenters. The van der Waals surface area contributed by atoms with Crippen LogP contribution in [0.15, 0.2) is 48.2 Å². The molecular weight excluding hydrogens is 278 g/mol. The van der Waals surface area contributed by atoms with Crippen molar-refractivity contribution in [2.24, 2.45) is 5.92 Å².